The first kappa shape index (κ1) is 10.8. The number of thiophene rings is 1. The fraction of sp³-hybridized carbons (Fsp3) is 0.444. The smallest absolute Gasteiger partial charge is 0.177 e. The van der Waals surface area contributed by atoms with E-state index >= 15 is 0 Å². The van der Waals surface area contributed by atoms with Crippen LogP contribution in [0.25, 0.3) is 0 Å². The van der Waals surface area contributed by atoms with Crippen LogP contribution in [0.15, 0.2) is 12.1 Å². The van der Waals surface area contributed by atoms with Gasteiger partial charge in [-0.15, -0.1) is 21.5 Å². The highest BCUT2D eigenvalue weighted by molar-refractivity contribution is 7.11. The van der Waals surface area contributed by atoms with Crippen LogP contribution in [0.2, 0.25) is 0 Å². The van der Waals surface area contributed by atoms with Gasteiger partial charge in [-0.25, -0.2) is 0 Å². The second kappa shape index (κ2) is 5.49. The average Bonchev–Trinajstić information content (AvgIpc) is 2.82. The summed E-state index contributed by atoms with van der Waals surface area (Å²) in [5.41, 5.74) is 0. The number of nitrogens with zero attached hydrogens (tertiary/aromatic N) is 3. The Kier molecular flexibility index (Phi) is 4.25. The lowest BCUT2D eigenvalue weighted by Gasteiger charge is -1.86. The summed E-state index contributed by atoms with van der Waals surface area (Å²) in [7, 11) is 0. The first-order valence-corrected chi connectivity index (χ1v) is 5.44. The molecule has 76 valence electrons. The maximum atomic E-state index is 3.88. The van der Waals surface area contributed by atoms with Crippen molar-refractivity contribution in [2.75, 3.05) is 0 Å². The van der Waals surface area contributed by atoms with E-state index in [1.807, 2.05) is 13.8 Å². The molecule has 0 spiro atoms. The van der Waals surface area contributed by atoms with Crippen LogP contribution in [0.3, 0.4) is 0 Å². The molecular weight excluding hydrogens is 196 g/mol. The number of hydrogen-bond donors (Lipinski definition) is 1. The van der Waals surface area contributed by atoms with Crippen molar-refractivity contribution < 1.29 is 0 Å². The second-order valence-corrected chi connectivity index (χ2v) is 3.89. The molecule has 1 N–H and O–H groups in total. The van der Waals surface area contributed by atoms with Gasteiger partial charge in [0.1, 0.15) is 0 Å². The fourth-order valence-corrected chi connectivity index (χ4v) is 1.88. The lowest BCUT2D eigenvalue weighted by Crippen LogP contribution is -1.86. The molecule has 0 saturated carbocycles. The van der Waals surface area contributed by atoms with Crippen molar-refractivity contribution in [1.82, 2.24) is 20.6 Å². The molecule has 0 unspecified atom stereocenters. The predicted octanol–water partition coefficient (Wildman–Crippen LogP) is 2.19. The summed E-state index contributed by atoms with van der Waals surface area (Å²) in [5, 5.41) is 13.7. The molecule has 14 heavy (non-hydrogen) atoms. The van der Waals surface area contributed by atoms with E-state index in [-0.39, 0.29) is 0 Å². The molecule has 0 saturated heterocycles. The third-order valence-electron chi connectivity index (χ3n) is 1.52. The van der Waals surface area contributed by atoms with Gasteiger partial charge in [-0.2, -0.15) is 5.21 Å². The fourth-order valence-electron chi connectivity index (χ4n) is 0.993. The van der Waals surface area contributed by atoms with Gasteiger partial charge in [-0.05, 0) is 19.1 Å². The van der Waals surface area contributed by atoms with E-state index in [0.717, 1.165) is 12.2 Å². The Hall–Kier alpha value is -1.23. The van der Waals surface area contributed by atoms with Crippen molar-refractivity contribution in [3.63, 3.8) is 0 Å². The van der Waals surface area contributed by atoms with E-state index in [9.17, 15) is 0 Å². The van der Waals surface area contributed by atoms with Gasteiger partial charge in [0.2, 0.25) is 0 Å². The summed E-state index contributed by atoms with van der Waals surface area (Å²) >= 11 is 1.76. The second-order valence-electron chi connectivity index (χ2n) is 2.52. The summed E-state index contributed by atoms with van der Waals surface area (Å²) in [6.07, 6.45) is 0.773. The van der Waals surface area contributed by atoms with Gasteiger partial charge < -0.3 is 0 Å². The Balaban J connectivity index is 0.000000461. The predicted molar refractivity (Wildman–Crippen MR) is 57.4 cm³/mol. The standard InChI is InChI=1S/C7H8N4S.C2H6/c1-5-2-3-6(12-5)4-7-8-10-11-9-7;1-2/h2-3H,4H2,1H3,(H,8,9,10,11);1-2H3. The Morgan fingerprint density at radius 2 is 2.14 bits per heavy atom. The highest BCUT2D eigenvalue weighted by Gasteiger charge is 2.01. The number of rotatable bonds is 2. The van der Waals surface area contributed by atoms with Crippen LogP contribution in [0.4, 0.5) is 0 Å². The molecule has 4 nitrogen and oxygen atoms in total. The lowest BCUT2D eigenvalue weighted by atomic mass is 10.3. The summed E-state index contributed by atoms with van der Waals surface area (Å²) in [6.45, 7) is 6.09. The molecule has 2 aromatic heterocycles. The molecule has 0 aliphatic rings. The molecular formula is C9H14N4S. The molecule has 2 heterocycles. The van der Waals surface area contributed by atoms with E-state index in [0.29, 0.717) is 0 Å². The molecule has 5 heteroatoms. The zero-order valence-electron chi connectivity index (χ0n) is 8.61. The Morgan fingerprint density at radius 3 is 2.64 bits per heavy atom. The third kappa shape index (κ3) is 2.92. The molecule has 0 aromatic carbocycles. The van der Waals surface area contributed by atoms with Gasteiger partial charge in [-0.3, -0.25) is 0 Å². The van der Waals surface area contributed by atoms with Crippen molar-refractivity contribution in [3.8, 4) is 0 Å². The van der Waals surface area contributed by atoms with Crippen molar-refractivity contribution in [1.29, 1.82) is 0 Å². The van der Waals surface area contributed by atoms with Crippen molar-refractivity contribution in [2.24, 2.45) is 0 Å². The van der Waals surface area contributed by atoms with E-state index < -0.39 is 0 Å². The normalized spacial score (nSPS) is 9.36. The molecule has 0 aliphatic carbocycles. The average molecular weight is 210 g/mol. The largest absolute Gasteiger partial charge is 0.179 e. The van der Waals surface area contributed by atoms with Gasteiger partial charge >= 0.3 is 0 Å². The Morgan fingerprint density at radius 1 is 1.36 bits per heavy atom. The van der Waals surface area contributed by atoms with Gasteiger partial charge in [0, 0.05) is 16.2 Å². The molecule has 0 atom stereocenters. The van der Waals surface area contributed by atoms with Crippen LogP contribution in [0, 0.1) is 6.92 Å². The van der Waals surface area contributed by atoms with Crippen LogP contribution < -0.4 is 0 Å². The summed E-state index contributed by atoms with van der Waals surface area (Å²) < 4.78 is 0. The Labute approximate surface area is 87.4 Å². The summed E-state index contributed by atoms with van der Waals surface area (Å²) in [6, 6.07) is 4.19. The SMILES string of the molecule is CC.Cc1ccc(Cc2nn[nH]n2)s1. The maximum absolute atomic E-state index is 3.88. The molecule has 0 fully saturated rings. The van der Waals surface area contributed by atoms with Crippen LogP contribution in [-0.2, 0) is 6.42 Å². The minimum absolute atomic E-state index is 0.747. The minimum atomic E-state index is 0.747. The number of aromatic nitrogens is 4. The van der Waals surface area contributed by atoms with E-state index in [2.05, 4.69) is 39.7 Å². The highest BCUT2D eigenvalue weighted by atomic mass is 32.1. The Bertz CT molecular complexity index is 353. The molecule has 0 bridgehead atoms. The quantitative estimate of drug-likeness (QED) is 0.826. The van der Waals surface area contributed by atoms with Crippen LogP contribution in [-0.4, -0.2) is 20.6 Å². The highest BCUT2D eigenvalue weighted by Crippen LogP contribution is 2.16. The number of nitrogens with one attached hydrogen (secondary N) is 1. The van der Waals surface area contributed by atoms with E-state index in [1.54, 1.807) is 11.3 Å². The maximum Gasteiger partial charge on any atom is 0.179 e. The van der Waals surface area contributed by atoms with Crippen molar-refractivity contribution >= 4 is 11.3 Å². The number of hydrogen-bond acceptors (Lipinski definition) is 4. The summed E-state index contributed by atoms with van der Waals surface area (Å²) in [4.78, 5) is 2.59. The molecule has 0 amide bonds. The number of tetrazole rings is 1. The van der Waals surface area contributed by atoms with Gasteiger partial charge in [0.15, 0.2) is 5.82 Å². The first-order chi connectivity index (χ1) is 6.84. The van der Waals surface area contributed by atoms with Gasteiger partial charge in [0.25, 0.3) is 0 Å². The van der Waals surface area contributed by atoms with Crippen molar-refractivity contribution in [3.05, 3.63) is 27.7 Å². The van der Waals surface area contributed by atoms with Crippen LogP contribution >= 0.6 is 11.3 Å². The number of aryl methyl sites for hydroxylation is 1. The first-order valence-electron chi connectivity index (χ1n) is 4.62. The number of H-pyrrole nitrogens is 1. The van der Waals surface area contributed by atoms with Gasteiger partial charge in [-0.1, -0.05) is 19.1 Å². The lowest BCUT2D eigenvalue weighted by molar-refractivity contribution is 0.881. The third-order valence-corrected chi connectivity index (χ3v) is 2.52. The van der Waals surface area contributed by atoms with Crippen LogP contribution in [0.1, 0.15) is 29.4 Å². The zero-order valence-corrected chi connectivity index (χ0v) is 9.43. The topological polar surface area (TPSA) is 54.5 Å². The minimum Gasteiger partial charge on any atom is -0.177 e. The van der Waals surface area contributed by atoms with E-state index in [4.69, 9.17) is 0 Å². The number of aromatic amines is 1. The van der Waals surface area contributed by atoms with Crippen LogP contribution in [0.5, 0.6) is 0 Å². The zero-order chi connectivity index (χ0) is 10.4. The van der Waals surface area contributed by atoms with E-state index in [1.165, 1.54) is 9.75 Å². The molecule has 0 radical (unpaired) electrons. The molecule has 2 rings (SSSR count). The summed E-state index contributed by atoms with van der Waals surface area (Å²) in [5.74, 6) is 0.747. The molecule has 2 aromatic rings. The van der Waals surface area contributed by atoms with Gasteiger partial charge in [0.05, 0.1) is 0 Å². The molecule has 0 aliphatic heterocycles. The monoisotopic (exact) mass is 210 g/mol. The van der Waals surface area contributed by atoms with Crippen molar-refractivity contribution in [2.45, 2.75) is 27.2 Å².